The van der Waals surface area contributed by atoms with E-state index in [2.05, 4.69) is 33.3 Å². The van der Waals surface area contributed by atoms with Crippen LogP contribution in [0.1, 0.15) is 24.3 Å². The Labute approximate surface area is 163 Å². The van der Waals surface area contributed by atoms with Gasteiger partial charge in [0.25, 0.3) is 0 Å². The fourth-order valence-corrected chi connectivity index (χ4v) is 4.08. The number of hydrogen-bond donors (Lipinski definition) is 1. The predicted molar refractivity (Wildman–Crippen MR) is 111 cm³/mol. The van der Waals surface area contributed by atoms with Crippen molar-refractivity contribution in [1.29, 1.82) is 0 Å². The van der Waals surface area contributed by atoms with E-state index in [0.29, 0.717) is 24.7 Å². The van der Waals surface area contributed by atoms with Gasteiger partial charge in [0.05, 0.1) is 30.5 Å². The number of aromatic nitrogens is 1. The Morgan fingerprint density at radius 3 is 2.68 bits per heavy atom. The van der Waals surface area contributed by atoms with Gasteiger partial charge in [-0.15, -0.1) is 0 Å². The molecular formula is C23H20N4O. The number of amides is 1. The minimum Gasteiger partial charge on any atom is -0.359 e. The van der Waals surface area contributed by atoms with Crippen LogP contribution in [0.25, 0.3) is 26.9 Å². The summed E-state index contributed by atoms with van der Waals surface area (Å²) in [4.78, 5) is 22.4. The topological polar surface area (TPSA) is 49.6 Å². The smallest absolute Gasteiger partial charge is 0.239 e. The number of carbonyl (C=O) groups is 1. The highest BCUT2D eigenvalue weighted by Gasteiger charge is 2.31. The molecule has 3 aromatic rings. The normalized spacial score (nSPS) is 16.7. The Kier molecular flexibility index (Phi) is 3.98. The number of nitrogens with zero attached hydrogens (tertiary/aromatic N) is 3. The van der Waals surface area contributed by atoms with Crippen molar-refractivity contribution in [3.8, 4) is 11.1 Å². The summed E-state index contributed by atoms with van der Waals surface area (Å²) in [5.41, 5.74) is 6.22. The molecule has 5 nitrogen and oxygen atoms in total. The molecule has 1 aliphatic heterocycles. The summed E-state index contributed by atoms with van der Waals surface area (Å²) < 4.78 is 0. The molecule has 1 N–H and O–H groups in total. The molecule has 28 heavy (non-hydrogen) atoms. The first kappa shape index (κ1) is 16.8. The van der Waals surface area contributed by atoms with E-state index in [1.54, 1.807) is 0 Å². The number of para-hydroxylation sites is 1. The highest BCUT2D eigenvalue weighted by molar-refractivity contribution is 5.98. The SMILES string of the molecule is [C-]#[N+]c1ccc(-c2cccc3c(C4CC4)c(N4CCNC(=O)C4)cnc23)cc1. The third kappa shape index (κ3) is 2.87. The zero-order chi connectivity index (χ0) is 19.1. The number of rotatable bonds is 3. The third-order valence-electron chi connectivity index (χ3n) is 5.59. The van der Waals surface area contributed by atoms with Crippen molar-refractivity contribution >= 4 is 28.2 Å². The van der Waals surface area contributed by atoms with Crippen molar-refractivity contribution in [2.75, 3.05) is 24.5 Å². The average molecular weight is 368 g/mol. The lowest BCUT2D eigenvalue weighted by atomic mass is 9.96. The quantitative estimate of drug-likeness (QED) is 0.703. The summed E-state index contributed by atoms with van der Waals surface area (Å²) in [5.74, 6) is 0.618. The molecule has 1 aliphatic carbocycles. The van der Waals surface area contributed by atoms with Gasteiger partial charge in [0.15, 0.2) is 5.69 Å². The Morgan fingerprint density at radius 2 is 1.96 bits per heavy atom. The molecular weight excluding hydrogens is 348 g/mol. The molecule has 5 heteroatoms. The van der Waals surface area contributed by atoms with Crippen LogP contribution in [0, 0.1) is 6.57 Å². The number of benzene rings is 2. The van der Waals surface area contributed by atoms with Gasteiger partial charge >= 0.3 is 0 Å². The van der Waals surface area contributed by atoms with Gasteiger partial charge in [0, 0.05) is 24.0 Å². The molecule has 2 heterocycles. The van der Waals surface area contributed by atoms with Crippen molar-refractivity contribution in [3.63, 3.8) is 0 Å². The summed E-state index contributed by atoms with van der Waals surface area (Å²) in [6, 6.07) is 14.0. The lowest BCUT2D eigenvalue weighted by molar-refractivity contribution is -0.120. The van der Waals surface area contributed by atoms with E-state index in [4.69, 9.17) is 11.6 Å². The van der Waals surface area contributed by atoms with Gasteiger partial charge in [-0.25, -0.2) is 4.85 Å². The Balaban J connectivity index is 1.66. The Hall–Kier alpha value is -3.39. The molecule has 2 aromatic carbocycles. The van der Waals surface area contributed by atoms with Crippen LogP contribution in [0.15, 0.2) is 48.7 Å². The van der Waals surface area contributed by atoms with E-state index in [0.717, 1.165) is 28.9 Å². The maximum absolute atomic E-state index is 11.9. The summed E-state index contributed by atoms with van der Waals surface area (Å²) in [6.45, 7) is 9.03. The first-order valence-electron chi connectivity index (χ1n) is 9.66. The van der Waals surface area contributed by atoms with E-state index in [1.807, 2.05) is 30.5 Å². The standard InChI is InChI=1S/C23H20N4O/c1-24-17-9-7-15(8-10-17)18-3-2-4-19-22(16-5-6-16)20(13-26-23(18)19)27-12-11-25-21(28)14-27/h2-4,7-10,13,16H,5-6,11-12,14H2,(H,25,28). The summed E-state index contributed by atoms with van der Waals surface area (Å²) in [5, 5.41) is 4.08. The van der Waals surface area contributed by atoms with Crippen molar-refractivity contribution < 1.29 is 4.79 Å². The highest BCUT2D eigenvalue weighted by Crippen LogP contribution is 2.48. The Morgan fingerprint density at radius 1 is 1.14 bits per heavy atom. The number of anilines is 1. The molecule has 0 atom stereocenters. The molecule has 1 aromatic heterocycles. The molecule has 0 bridgehead atoms. The number of hydrogen-bond acceptors (Lipinski definition) is 3. The first-order chi connectivity index (χ1) is 13.7. The van der Waals surface area contributed by atoms with Crippen LogP contribution in [-0.2, 0) is 4.79 Å². The number of fused-ring (bicyclic) bond motifs is 1. The van der Waals surface area contributed by atoms with Gasteiger partial charge in [0.1, 0.15) is 0 Å². The van der Waals surface area contributed by atoms with Gasteiger partial charge in [-0.3, -0.25) is 9.78 Å². The maximum Gasteiger partial charge on any atom is 0.239 e. The van der Waals surface area contributed by atoms with E-state index in [9.17, 15) is 4.79 Å². The van der Waals surface area contributed by atoms with Crippen LogP contribution in [0.4, 0.5) is 11.4 Å². The molecule has 1 saturated carbocycles. The minimum absolute atomic E-state index is 0.0711. The largest absolute Gasteiger partial charge is 0.359 e. The number of nitrogens with one attached hydrogen (secondary N) is 1. The second-order valence-electron chi connectivity index (χ2n) is 7.46. The first-order valence-corrected chi connectivity index (χ1v) is 9.66. The molecule has 0 unspecified atom stereocenters. The molecule has 0 radical (unpaired) electrons. The summed E-state index contributed by atoms with van der Waals surface area (Å²) >= 11 is 0. The lowest BCUT2D eigenvalue weighted by Crippen LogP contribution is -2.48. The fourth-order valence-electron chi connectivity index (χ4n) is 4.08. The predicted octanol–water partition coefficient (Wildman–Crippen LogP) is 4.27. The number of piperazine rings is 1. The highest BCUT2D eigenvalue weighted by atomic mass is 16.2. The van der Waals surface area contributed by atoms with Crippen LogP contribution >= 0.6 is 0 Å². The Bertz CT molecular complexity index is 1110. The van der Waals surface area contributed by atoms with Crippen LogP contribution in [-0.4, -0.2) is 30.5 Å². The van der Waals surface area contributed by atoms with Crippen LogP contribution in [0.5, 0.6) is 0 Å². The summed E-state index contributed by atoms with van der Waals surface area (Å²) in [7, 11) is 0. The van der Waals surface area contributed by atoms with E-state index >= 15 is 0 Å². The van der Waals surface area contributed by atoms with E-state index in [1.165, 1.54) is 23.8 Å². The van der Waals surface area contributed by atoms with Crippen molar-refractivity contribution in [2.24, 2.45) is 0 Å². The number of pyridine rings is 1. The molecule has 2 aliphatic rings. The van der Waals surface area contributed by atoms with Gasteiger partial charge in [0.2, 0.25) is 5.91 Å². The van der Waals surface area contributed by atoms with Crippen molar-refractivity contribution in [1.82, 2.24) is 10.3 Å². The molecule has 5 rings (SSSR count). The number of carbonyl (C=O) groups excluding carboxylic acids is 1. The van der Waals surface area contributed by atoms with Crippen molar-refractivity contribution in [3.05, 3.63) is 65.6 Å². The van der Waals surface area contributed by atoms with E-state index in [-0.39, 0.29) is 5.91 Å². The minimum atomic E-state index is 0.0711. The third-order valence-corrected chi connectivity index (χ3v) is 5.59. The molecule has 138 valence electrons. The van der Waals surface area contributed by atoms with Crippen LogP contribution in [0.2, 0.25) is 0 Å². The lowest BCUT2D eigenvalue weighted by Gasteiger charge is -2.30. The van der Waals surface area contributed by atoms with E-state index < -0.39 is 0 Å². The van der Waals surface area contributed by atoms with Gasteiger partial charge < -0.3 is 10.2 Å². The van der Waals surface area contributed by atoms with Crippen LogP contribution < -0.4 is 10.2 Å². The van der Waals surface area contributed by atoms with Crippen molar-refractivity contribution in [2.45, 2.75) is 18.8 Å². The second kappa shape index (κ2) is 6.65. The fraction of sp³-hybridized carbons (Fsp3) is 0.261. The maximum atomic E-state index is 11.9. The molecule has 2 fully saturated rings. The van der Waals surface area contributed by atoms with Crippen LogP contribution in [0.3, 0.4) is 0 Å². The second-order valence-corrected chi connectivity index (χ2v) is 7.46. The average Bonchev–Trinajstić information content (AvgIpc) is 3.57. The molecule has 0 spiro atoms. The van der Waals surface area contributed by atoms with Gasteiger partial charge in [-0.05, 0) is 29.9 Å². The molecule has 1 amide bonds. The zero-order valence-electron chi connectivity index (χ0n) is 15.5. The van der Waals surface area contributed by atoms with Gasteiger partial charge in [-0.2, -0.15) is 0 Å². The monoisotopic (exact) mass is 368 g/mol. The zero-order valence-corrected chi connectivity index (χ0v) is 15.5. The van der Waals surface area contributed by atoms with Gasteiger partial charge in [-0.1, -0.05) is 42.5 Å². The molecule has 1 saturated heterocycles. The summed E-state index contributed by atoms with van der Waals surface area (Å²) in [6.07, 6.45) is 4.33.